The molecule has 2 aromatic rings. The Kier molecular flexibility index (Phi) is 9.84. The molecule has 16 heteroatoms. The number of benzene rings is 2. The van der Waals surface area contributed by atoms with Crippen LogP contribution in [0.15, 0.2) is 63.2 Å². The Bertz CT molecular complexity index is 1510. The average molecular weight is 635 g/mol. The lowest BCUT2D eigenvalue weighted by Crippen LogP contribution is -2.47. The van der Waals surface area contributed by atoms with Crippen molar-refractivity contribution in [3.63, 3.8) is 0 Å². The largest absolute Gasteiger partial charge is 0.444 e. The SMILES string of the molecule is CN(CCNS(=O)(=O)c1cc(S(=O)(=O)c2ccccc2)ccc1C(F)(F)F)C(=O)N[C@@H]1CCN(C(=O)OC(C)(C)C)C1. The van der Waals surface area contributed by atoms with E-state index in [1.165, 1.54) is 36.2 Å². The van der Waals surface area contributed by atoms with Crippen LogP contribution in [0, 0.1) is 0 Å². The number of alkyl halides is 3. The number of sulfone groups is 1. The molecule has 0 bridgehead atoms. The first-order valence-corrected chi connectivity index (χ1v) is 15.8. The van der Waals surface area contributed by atoms with Crippen molar-refractivity contribution in [1.29, 1.82) is 0 Å². The minimum Gasteiger partial charge on any atom is -0.444 e. The molecule has 1 saturated heterocycles. The zero-order valence-corrected chi connectivity index (χ0v) is 25.1. The first-order chi connectivity index (χ1) is 19.3. The molecule has 1 heterocycles. The molecule has 0 saturated carbocycles. The smallest absolute Gasteiger partial charge is 0.417 e. The number of carbonyl (C=O) groups excluding carboxylic acids is 2. The summed E-state index contributed by atoms with van der Waals surface area (Å²) < 4.78 is 100. The van der Waals surface area contributed by atoms with Gasteiger partial charge in [0.15, 0.2) is 0 Å². The van der Waals surface area contributed by atoms with E-state index in [0.717, 1.165) is 4.90 Å². The van der Waals surface area contributed by atoms with Crippen molar-refractivity contribution in [3.8, 4) is 0 Å². The molecule has 0 aliphatic carbocycles. The molecule has 232 valence electrons. The van der Waals surface area contributed by atoms with E-state index < -0.39 is 65.7 Å². The molecule has 11 nitrogen and oxygen atoms in total. The molecule has 0 radical (unpaired) electrons. The fraction of sp³-hybridized carbons (Fsp3) is 0.462. The highest BCUT2D eigenvalue weighted by atomic mass is 32.2. The van der Waals surface area contributed by atoms with Crippen LogP contribution in [0.3, 0.4) is 0 Å². The Labute approximate surface area is 243 Å². The predicted octanol–water partition coefficient (Wildman–Crippen LogP) is 3.47. The fourth-order valence-electron chi connectivity index (χ4n) is 4.04. The number of nitrogens with one attached hydrogen (secondary N) is 2. The highest BCUT2D eigenvalue weighted by Crippen LogP contribution is 2.36. The molecular weight excluding hydrogens is 601 g/mol. The van der Waals surface area contributed by atoms with Gasteiger partial charge in [0.25, 0.3) is 0 Å². The van der Waals surface area contributed by atoms with Crippen LogP contribution in [0.25, 0.3) is 0 Å². The molecule has 0 spiro atoms. The third-order valence-corrected chi connectivity index (χ3v) is 9.43. The predicted molar refractivity (Wildman–Crippen MR) is 146 cm³/mol. The lowest BCUT2D eigenvalue weighted by atomic mass is 10.2. The quantitative estimate of drug-likeness (QED) is 0.453. The van der Waals surface area contributed by atoms with Crippen molar-refractivity contribution in [2.24, 2.45) is 0 Å². The first kappa shape index (κ1) is 33.1. The highest BCUT2D eigenvalue weighted by molar-refractivity contribution is 7.91. The van der Waals surface area contributed by atoms with Crippen molar-refractivity contribution < 1.29 is 44.3 Å². The highest BCUT2D eigenvalue weighted by Gasteiger charge is 2.38. The maximum atomic E-state index is 13.7. The minimum atomic E-state index is -5.09. The number of sulfonamides is 1. The van der Waals surface area contributed by atoms with Crippen molar-refractivity contribution in [1.82, 2.24) is 19.8 Å². The summed E-state index contributed by atoms with van der Waals surface area (Å²) in [5.41, 5.74) is -2.21. The van der Waals surface area contributed by atoms with Gasteiger partial charge in [-0.2, -0.15) is 13.2 Å². The zero-order chi connectivity index (χ0) is 31.5. The standard InChI is InChI=1S/C26H33F3N4O7S2/c1-25(2,3)40-24(35)33-14-12-18(17-33)31-23(34)32(4)15-13-30-42(38,39)22-16-20(10-11-21(22)26(27,28)29)41(36,37)19-8-6-5-7-9-19/h5-11,16,18,30H,12-15,17H2,1-4H3,(H,31,34)/t18-/m1/s1. The number of carbonyl (C=O) groups is 2. The topological polar surface area (TPSA) is 142 Å². The van der Waals surface area contributed by atoms with E-state index in [1.807, 2.05) is 4.72 Å². The molecule has 1 fully saturated rings. The van der Waals surface area contributed by atoms with Gasteiger partial charge in [-0.25, -0.2) is 31.1 Å². The van der Waals surface area contributed by atoms with Crippen LogP contribution in [0.1, 0.15) is 32.8 Å². The summed E-state index contributed by atoms with van der Waals surface area (Å²) in [6, 6.07) is 7.49. The molecule has 2 aromatic carbocycles. The van der Waals surface area contributed by atoms with Gasteiger partial charge in [0.1, 0.15) is 5.60 Å². The molecule has 0 unspecified atom stereocenters. The second-order valence-electron chi connectivity index (χ2n) is 10.7. The number of urea groups is 1. The number of hydrogen-bond acceptors (Lipinski definition) is 7. The third-order valence-electron chi connectivity index (χ3n) is 6.17. The van der Waals surface area contributed by atoms with E-state index >= 15 is 0 Å². The van der Waals surface area contributed by atoms with Gasteiger partial charge in [-0.1, -0.05) is 18.2 Å². The number of halogens is 3. The molecule has 2 N–H and O–H groups in total. The van der Waals surface area contributed by atoms with Gasteiger partial charge in [-0.05, 0) is 57.5 Å². The molecule has 3 amide bonds. The number of likely N-dealkylation sites (N-methyl/N-ethyl adjacent to an activating group) is 1. The van der Waals surface area contributed by atoms with Gasteiger partial charge in [0.2, 0.25) is 19.9 Å². The van der Waals surface area contributed by atoms with Gasteiger partial charge in [0.05, 0.1) is 20.2 Å². The molecule has 1 aliphatic heterocycles. The van der Waals surface area contributed by atoms with Crippen LogP contribution in [0.2, 0.25) is 0 Å². The summed E-state index contributed by atoms with van der Waals surface area (Å²) >= 11 is 0. The van der Waals surface area contributed by atoms with E-state index in [2.05, 4.69) is 5.32 Å². The molecule has 1 aliphatic rings. The number of nitrogens with zero attached hydrogens (tertiary/aromatic N) is 2. The molecule has 3 rings (SSSR count). The molecule has 0 aromatic heterocycles. The summed E-state index contributed by atoms with van der Waals surface area (Å²) in [6.45, 7) is 5.09. The van der Waals surface area contributed by atoms with Crippen LogP contribution in [0.5, 0.6) is 0 Å². The van der Waals surface area contributed by atoms with Crippen molar-refractivity contribution >= 4 is 32.0 Å². The lowest BCUT2D eigenvalue weighted by molar-refractivity contribution is -0.139. The third kappa shape index (κ3) is 8.35. The summed E-state index contributed by atoms with van der Waals surface area (Å²) in [5, 5.41) is 2.72. The fourth-order valence-corrected chi connectivity index (χ4v) is 6.70. The lowest BCUT2D eigenvalue weighted by Gasteiger charge is -2.25. The van der Waals surface area contributed by atoms with Crippen LogP contribution in [0.4, 0.5) is 22.8 Å². The van der Waals surface area contributed by atoms with Crippen LogP contribution in [-0.2, 0) is 30.8 Å². The van der Waals surface area contributed by atoms with Crippen LogP contribution < -0.4 is 10.0 Å². The Hall–Kier alpha value is -3.37. The number of amides is 3. The average Bonchev–Trinajstić information content (AvgIpc) is 3.36. The number of ether oxygens (including phenoxy) is 1. The van der Waals surface area contributed by atoms with E-state index in [-0.39, 0.29) is 24.0 Å². The summed E-state index contributed by atoms with van der Waals surface area (Å²) in [5.74, 6) is 0. The Balaban J connectivity index is 1.67. The second-order valence-corrected chi connectivity index (χ2v) is 14.3. The maximum Gasteiger partial charge on any atom is 0.417 e. The van der Waals surface area contributed by atoms with E-state index in [9.17, 15) is 39.6 Å². The second kappa shape index (κ2) is 12.5. The van der Waals surface area contributed by atoms with Crippen molar-refractivity contribution in [3.05, 3.63) is 54.1 Å². The van der Waals surface area contributed by atoms with E-state index in [4.69, 9.17) is 4.74 Å². The van der Waals surface area contributed by atoms with Crippen LogP contribution >= 0.6 is 0 Å². The Morgan fingerprint density at radius 2 is 1.67 bits per heavy atom. The van der Waals surface area contributed by atoms with Crippen molar-refractivity contribution in [2.45, 2.75) is 59.7 Å². The van der Waals surface area contributed by atoms with Crippen LogP contribution in [-0.4, -0.2) is 83.6 Å². The number of hydrogen-bond donors (Lipinski definition) is 2. The summed E-state index contributed by atoms with van der Waals surface area (Å²) in [4.78, 5) is 25.3. The summed E-state index contributed by atoms with van der Waals surface area (Å²) in [7, 11) is -7.82. The normalized spacial score (nSPS) is 16.3. The van der Waals surface area contributed by atoms with Crippen molar-refractivity contribution in [2.75, 3.05) is 33.2 Å². The number of likely N-dealkylation sites (tertiary alicyclic amines) is 1. The maximum absolute atomic E-state index is 13.7. The van der Waals surface area contributed by atoms with Gasteiger partial charge >= 0.3 is 18.3 Å². The van der Waals surface area contributed by atoms with Gasteiger partial charge in [-0.15, -0.1) is 0 Å². The molecule has 1 atom stereocenters. The Morgan fingerprint density at radius 1 is 1.02 bits per heavy atom. The summed E-state index contributed by atoms with van der Waals surface area (Å²) in [6.07, 6.45) is -5.14. The van der Waals surface area contributed by atoms with Gasteiger partial charge in [-0.3, -0.25) is 0 Å². The first-order valence-electron chi connectivity index (χ1n) is 12.8. The monoisotopic (exact) mass is 634 g/mol. The van der Waals surface area contributed by atoms with Gasteiger partial charge in [0, 0.05) is 39.3 Å². The minimum absolute atomic E-state index is 0.212. The van der Waals surface area contributed by atoms with Gasteiger partial charge < -0.3 is 19.9 Å². The number of rotatable bonds is 8. The Morgan fingerprint density at radius 3 is 2.26 bits per heavy atom. The molecule has 42 heavy (non-hydrogen) atoms. The van der Waals surface area contributed by atoms with E-state index in [1.54, 1.807) is 26.8 Å². The van der Waals surface area contributed by atoms with E-state index in [0.29, 0.717) is 31.2 Å². The zero-order valence-electron chi connectivity index (χ0n) is 23.4. The molecular formula is C26H33F3N4O7S2.